The van der Waals surface area contributed by atoms with Crippen LogP contribution >= 0.6 is 9.03 Å². The molecule has 1 atom stereocenters. The summed E-state index contributed by atoms with van der Waals surface area (Å²) in [6.45, 7) is 24.9. The van der Waals surface area contributed by atoms with Crippen molar-refractivity contribution in [3.8, 4) is 28.5 Å². The predicted octanol–water partition coefficient (Wildman–Crippen LogP) is 10.1. The van der Waals surface area contributed by atoms with Crippen LogP contribution in [0.15, 0.2) is 65.1 Å². The molecule has 2 amide bonds. The predicted molar refractivity (Wildman–Crippen MR) is 245 cm³/mol. The van der Waals surface area contributed by atoms with Crippen LogP contribution in [0.2, 0.25) is 0 Å². The molecule has 2 aromatic rings. The van der Waals surface area contributed by atoms with Crippen LogP contribution in [0.25, 0.3) is 33.4 Å². The second kappa shape index (κ2) is 31.8. The minimum atomic E-state index is -0.496. The smallest absolute Gasteiger partial charge is 0.456 e. The zero-order chi connectivity index (χ0) is 43.4. The van der Waals surface area contributed by atoms with Crippen LogP contribution in [0.4, 0.5) is 10.5 Å². The van der Waals surface area contributed by atoms with Crippen LogP contribution in [-0.4, -0.2) is 83.0 Å². The van der Waals surface area contributed by atoms with Crippen LogP contribution in [0.3, 0.4) is 0 Å². The first-order valence-electron chi connectivity index (χ1n) is 21.2. The van der Waals surface area contributed by atoms with E-state index in [0.717, 1.165) is 109 Å². The van der Waals surface area contributed by atoms with Gasteiger partial charge in [0.1, 0.15) is 31.0 Å². The summed E-state index contributed by atoms with van der Waals surface area (Å²) < 4.78 is 25.0. The number of hydrogen-bond acceptors (Lipinski definition) is 8. The van der Waals surface area contributed by atoms with Gasteiger partial charge in [0.25, 0.3) is 5.91 Å². The van der Waals surface area contributed by atoms with Crippen LogP contribution in [0.5, 0.6) is 0 Å². The molecule has 0 aromatic heterocycles. The fourth-order valence-electron chi connectivity index (χ4n) is 6.31. The van der Waals surface area contributed by atoms with E-state index in [4.69, 9.17) is 23.5 Å². The standard InChI is InChI=1S/C41H54N5O6P.2C3H7.Ni/c1-6-45(7-2)31-19-21-35-37(29-31)52-38-30-32(46(8-3)9-4)20-22-36(38)39(35)33-17-12-13-18-34(33)40(47)44(5)25-28-49-41(48)43-24-14-10-11-15-26-50-53-51-27-16-23-42;2*1-3-2;/h12-13,17-22,29-30,53H,6-11,14-16,24-28H2,1-5H3;2*1,3H2,2H3;/q;2*-1;+2/p+1. The molecule has 0 radical (unpaired) electrons. The first kappa shape index (κ1) is 54.0. The zero-order valence-corrected chi connectivity index (χ0v) is 39.0. The Labute approximate surface area is 372 Å². The third-order valence-electron chi connectivity index (χ3n) is 9.26. The minimum Gasteiger partial charge on any atom is -0.456 e. The molecule has 1 aliphatic heterocycles. The number of rotatable bonds is 21. The molecule has 1 N–H and O–H groups in total. The molecular weight excluding hydrogens is 820 g/mol. The number of nitrogens with zero attached hydrogens (tertiary/aromatic N) is 4. The number of carbonyl (C=O) groups is 2. The summed E-state index contributed by atoms with van der Waals surface area (Å²) in [7, 11) is 1.69. The number of carbonyl (C=O) groups excluding carboxylic acids is 2. The van der Waals surface area contributed by atoms with E-state index >= 15 is 0 Å². The van der Waals surface area contributed by atoms with Gasteiger partial charge in [0.2, 0.25) is 5.36 Å². The number of likely N-dealkylation sites (N-methyl/N-ethyl adjacent to an activating group) is 1. The van der Waals surface area contributed by atoms with Gasteiger partial charge in [-0.2, -0.15) is 18.1 Å². The normalized spacial score (nSPS) is 10.5. The first-order valence-corrected chi connectivity index (χ1v) is 22.0. The third-order valence-corrected chi connectivity index (χ3v) is 9.90. The number of hydrogen-bond donors (Lipinski definition) is 1. The van der Waals surface area contributed by atoms with Crippen molar-refractivity contribution >= 4 is 37.7 Å². The quantitative estimate of drug-likeness (QED) is 0.0219. The summed E-state index contributed by atoms with van der Waals surface area (Å²) in [6.07, 6.45) is 5.54. The van der Waals surface area contributed by atoms with Gasteiger partial charge in [-0.25, -0.2) is 9.37 Å². The summed E-state index contributed by atoms with van der Waals surface area (Å²) in [5.41, 5.74) is 5.09. The molecule has 332 valence electrons. The van der Waals surface area contributed by atoms with Gasteiger partial charge in [0.15, 0.2) is 9.03 Å². The van der Waals surface area contributed by atoms with Crippen molar-refractivity contribution in [3.05, 3.63) is 85.4 Å². The molecular formula is C47H69N5NiO6P+. The molecule has 60 heavy (non-hydrogen) atoms. The van der Waals surface area contributed by atoms with Gasteiger partial charge in [-0.05, 0) is 70.4 Å². The van der Waals surface area contributed by atoms with E-state index in [9.17, 15) is 9.59 Å². The van der Waals surface area contributed by atoms with Crippen molar-refractivity contribution in [1.29, 1.82) is 5.26 Å². The summed E-state index contributed by atoms with van der Waals surface area (Å²) in [6, 6.07) is 22.4. The Bertz CT molecular complexity index is 1900. The van der Waals surface area contributed by atoms with Gasteiger partial charge >= 0.3 is 22.6 Å². The van der Waals surface area contributed by atoms with Gasteiger partial charge in [0, 0.05) is 66.6 Å². The Hall–Kier alpha value is -4.00. The number of fused-ring (bicyclic) bond motifs is 2. The maximum atomic E-state index is 14.0. The molecule has 2 aromatic carbocycles. The second-order valence-electron chi connectivity index (χ2n) is 13.6. The fraction of sp³-hybridized carbons (Fsp3) is 0.489. The molecule has 0 spiro atoms. The van der Waals surface area contributed by atoms with Crippen LogP contribution < -0.4 is 20.1 Å². The summed E-state index contributed by atoms with van der Waals surface area (Å²) in [4.78, 5) is 30.3. The summed E-state index contributed by atoms with van der Waals surface area (Å²) in [5.74, 6) is 0.594. The van der Waals surface area contributed by atoms with Gasteiger partial charge < -0.3 is 47.2 Å². The molecule has 1 heterocycles. The van der Waals surface area contributed by atoms with Gasteiger partial charge in [-0.1, -0.05) is 44.9 Å². The number of ether oxygens (including phenoxy) is 1. The first-order chi connectivity index (χ1) is 28.7. The maximum Gasteiger partial charge on any atom is 2.00 e. The SMILES string of the molecule is CCN(CC)c1ccc2c(-c3ccccc3C(=O)N(C)CCOC(=O)NCCCCCCOPOCCC#N)c3ccc(=[N+](CC)CC)cc-3oc2c1.[CH2-]CC.[CH2-]CC.[Ni+2]. The summed E-state index contributed by atoms with van der Waals surface area (Å²) in [5, 5.41) is 13.3. The van der Waals surface area contributed by atoms with Crippen molar-refractivity contribution in [2.75, 3.05) is 71.0 Å². The molecule has 0 saturated heterocycles. The second-order valence-corrected chi connectivity index (χ2v) is 14.4. The molecule has 0 fully saturated rings. The van der Waals surface area contributed by atoms with Crippen LogP contribution in [-0.2, 0) is 30.3 Å². The third kappa shape index (κ3) is 17.5. The molecule has 2 aliphatic rings. The molecule has 13 heteroatoms. The van der Waals surface area contributed by atoms with Crippen LogP contribution in [0.1, 0.15) is 96.8 Å². The number of alkyl carbamates (subject to hydrolysis) is 1. The topological polar surface area (TPSA) is 120 Å². The van der Waals surface area contributed by atoms with Crippen molar-refractivity contribution in [3.63, 3.8) is 0 Å². The number of amides is 2. The van der Waals surface area contributed by atoms with Crippen molar-refractivity contribution in [2.24, 2.45) is 0 Å². The monoisotopic (exact) mass is 888 g/mol. The number of nitrogens with one attached hydrogen (secondary N) is 1. The van der Waals surface area contributed by atoms with E-state index in [-0.39, 0.29) is 44.6 Å². The Balaban J connectivity index is 0.00000242. The Morgan fingerprint density at radius 1 is 0.850 bits per heavy atom. The average Bonchev–Trinajstić information content (AvgIpc) is 3.24. The zero-order valence-electron chi connectivity index (χ0n) is 37.1. The maximum absolute atomic E-state index is 14.0. The number of nitriles is 1. The molecule has 4 rings (SSSR count). The van der Waals surface area contributed by atoms with E-state index in [2.05, 4.69) is 92.7 Å². The average molecular weight is 890 g/mol. The number of benzene rings is 3. The van der Waals surface area contributed by atoms with Gasteiger partial charge in [-0.15, -0.1) is 0 Å². The summed E-state index contributed by atoms with van der Waals surface area (Å²) >= 11 is 0. The van der Waals surface area contributed by atoms with Crippen molar-refractivity contribution in [2.45, 2.75) is 86.5 Å². The van der Waals surface area contributed by atoms with E-state index in [1.165, 1.54) is 0 Å². The molecule has 1 aliphatic carbocycles. The van der Waals surface area contributed by atoms with E-state index < -0.39 is 6.09 Å². The molecule has 0 saturated carbocycles. The van der Waals surface area contributed by atoms with E-state index in [0.29, 0.717) is 31.7 Å². The van der Waals surface area contributed by atoms with Crippen molar-refractivity contribution in [1.82, 2.24) is 14.8 Å². The van der Waals surface area contributed by atoms with Gasteiger partial charge in [-0.3, -0.25) is 4.79 Å². The minimum absolute atomic E-state index is 0. The number of unbranched alkanes of at least 4 members (excludes halogenated alkanes) is 3. The Morgan fingerprint density at radius 3 is 2.18 bits per heavy atom. The molecule has 1 unspecified atom stereocenters. The van der Waals surface area contributed by atoms with Gasteiger partial charge in [0.05, 0.1) is 38.3 Å². The van der Waals surface area contributed by atoms with Crippen LogP contribution in [0, 0.1) is 25.2 Å². The van der Waals surface area contributed by atoms with E-state index in [1.807, 2.05) is 44.2 Å². The van der Waals surface area contributed by atoms with E-state index in [1.54, 1.807) is 11.9 Å². The molecule has 0 bridgehead atoms. The number of anilines is 1. The molecule has 11 nitrogen and oxygen atoms in total. The Morgan fingerprint density at radius 2 is 1.52 bits per heavy atom. The Kier molecular flexibility index (Phi) is 28.6. The fourth-order valence-corrected chi connectivity index (χ4v) is 6.81. The van der Waals surface area contributed by atoms with Crippen molar-refractivity contribution < 1.29 is 44.3 Å². The largest absolute Gasteiger partial charge is 2.00 e.